The van der Waals surface area contributed by atoms with E-state index in [2.05, 4.69) is 10.2 Å². The van der Waals surface area contributed by atoms with E-state index in [0.717, 1.165) is 50.5 Å². The molecule has 0 aromatic heterocycles. The summed E-state index contributed by atoms with van der Waals surface area (Å²) in [6.07, 6.45) is 1.61. The van der Waals surface area contributed by atoms with Crippen molar-refractivity contribution in [3.8, 4) is 0 Å². The molecule has 2 amide bonds. The van der Waals surface area contributed by atoms with Gasteiger partial charge in [0.1, 0.15) is 6.04 Å². The van der Waals surface area contributed by atoms with E-state index in [4.69, 9.17) is 4.74 Å². The zero-order valence-corrected chi connectivity index (χ0v) is 15.0. The fourth-order valence-corrected chi connectivity index (χ4v) is 3.46. The minimum absolute atomic E-state index is 0.0553. The molecule has 0 spiro atoms. The molecule has 25 heavy (non-hydrogen) atoms. The van der Waals surface area contributed by atoms with E-state index in [-0.39, 0.29) is 23.8 Å². The minimum Gasteiger partial charge on any atom is -0.378 e. The Morgan fingerprint density at radius 2 is 1.96 bits per heavy atom. The maximum atomic E-state index is 12.7. The van der Waals surface area contributed by atoms with Crippen LogP contribution in [-0.4, -0.2) is 55.6 Å². The summed E-state index contributed by atoms with van der Waals surface area (Å²) in [5.74, 6) is -0.122. The number of ether oxygens (including phenoxy) is 1. The smallest absolute Gasteiger partial charge is 0.247 e. The van der Waals surface area contributed by atoms with Crippen LogP contribution in [0.2, 0.25) is 0 Å². The zero-order chi connectivity index (χ0) is 17.8. The summed E-state index contributed by atoms with van der Waals surface area (Å²) >= 11 is 0. The summed E-state index contributed by atoms with van der Waals surface area (Å²) in [5.41, 5.74) is 1.86. The molecule has 2 aliphatic rings. The molecular weight excluding hydrogens is 318 g/mol. The van der Waals surface area contributed by atoms with Crippen LogP contribution in [0.25, 0.3) is 0 Å². The van der Waals surface area contributed by atoms with Crippen molar-refractivity contribution in [1.82, 2.24) is 4.90 Å². The van der Waals surface area contributed by atoms with E-state index >= 15 is 0 Å². The van der Waals surface area contributed by atoms with Gasteiger partial charge in [0.15, 0.2) is 0 Å². The second-order valence-electron chi connectivity index (χ2n) is 6.98. The fourth-order valence-electron chi connectivity index (χ4n) is 3.46. The van der Waals surface area contributed by atoms with E-state index in [9.17, 15) is 9.59 Å². The van der Waals surface area contributed by atoms with Crippen molar-refractivity contribution in [2.24, 2.45) is 5.92 Å². The number of morpholine rings is 1. The number of hydrogen-bond acceptors (Lipinski definition) is 4. The molecule has 2 fully saturated rings. The van der Waals surface area contributed by atoms with E-state index in [0.29, 0.717) is 6.54 Å². The number of amides is 2. The Hall–Kier alpha value is -2.08. The molecule has 1 N–H and O–H groups in total. The van der Waals surface area contributed by atoms with Gasteiger partial charge in [0.05, 0.1) is 13.2 Å². The Bertz CT molecular complexity index is 626. The summed E-state index contributed by atoms with van der Waals surface area (Å²) < 4.78 is 5.39. The molecule has 2 saturated heterocycles. The lowest BCUT2D eigenvalue weighted by molar-refractivity contribution is -0.139. The van der Waals surface area contributed by atoms with Crippen molar-refractivity contribution in [2.75, 3.05) is 43.1 Å². The maximum Gasteiger partial charge on any atom is 0.247 e. The normalized spacial score (nSPS) is 20.8. The van der Waals surface area contributed by atoms with Crippen LogP contribution >= 0.6 is 0 Å². The number of anilines is 2. The second kappa shape index (κ2) is 7.87. The van der Waals surface area contributed by atoms with Crippen LogP contribution in [0.4, 0.5) is 11.4 Å². The van der Waals surface area contributed by atoms with Crippen LogP contribution in [-0.2, 0) is 14.3 Å². The van der Waals surface area contributed by atoms with Crippen LogP contribution in [0.3, 0.4) is 0 Å². The lowest BCUT2D eigenvalue weighted by Gasteiger charge is -2.29. The molecule has 2 aliphatic heterocycles. The molecule has 2 heterocycles. The maximum absolute atomic E-state index is 12.7. The van der Waals surface area contributed by atoms with Gasteiger partial charge in [-0.15, -0.1) is 0 Å². The standard InChI is InChI=1S/C19H27N3O3/c1-14(2)19(24)22-8-4-7-17(22)18(23)20-15-5-3-6-16(13-15)21-9-11-25-12-10-21/h3,5-6,13-14,17H,4,7-12H2,1-2H3,(H,20,23). The Kier molecular flexibility index (Phi) is 5.58. The van der Waals surface area contributed by atoms with Crippen LogP contribution in [0.15, 0.2) is 24.3 Å². The van der Waals surface area contributed by atoms with Gasteiger partial charge < -0.3 is 19.9 Å². The molecule has 1 aromatic carbocycles. The first kappa shape index (κ1) is 17.7. The van der Waals surface area contributed by atoms with Gasteiger partial charge in [-0.05, 0) is 31.0 Å². The van der Waals surface area contributed by atoms with Gasteiger partial charge in [-0.3, -0.25) is 9.59 Å². The summed E-state index contributed by atoms with van der Waals surface area (Å²) in [6.45, 7) is 7.59. The van der Waals surface area contributed by atoms with Gasteiger partial charge in [-0.2, -0.15) is 0 Å². The average molecular weight is 345 g/mol. The molecule has 6 nitrogen and oxygen atoms in total. The SMILES string of the molecule is CC(C)C(=O)N1CCCC1C(=O)Nc1cccc(N2CCOCC2)c1. The van der Waals surface area contributed by atoms with Crippen LogP contribution in [0.5, 0.6) is 0 Å². The van der Waals surface area contributed by atoms with Gasteiger partial charge in [0.2, 0.25) is 11.8 Å². The van der Waals surface area contributed by atoms with Gasteiger partial charge in [0, 0.05) is 36.9 Å². The number of nitrogens with zero attached hydrogens (tertiary/aromatic N) is 2. The van der Waals surface area contributed by atoms with Crippen LogP contribution < -0.4 is 10.2 Å². The summed E-state index contributed by atoms with van der Waals surface area (Å²) in [7, 11) is 0. The third-order valence-corrected chi connectivity index (χ3v) is 4.82. The molecular formula is C19H27N3O3. The summed E-state index contributed by atoms with van der Waals surface area (Å²) in [5, 5.41) is 3.00. The molecule has 136 valence electrons. The molecule has 0 saturated carbocycles. The Balaban J connectivity index is 1.67. The summed E-state index contributed by atoms with van der Waals surface area (Å²) in [4.78, 5) is 29.0. The third-order valence-electron chi connectivity index (χ3n) is 4.82. The number of likely N-dealkylation sites (tertiary alicyclic amines) is 1. The minimum atomic E-state index is -0.359. The first-order chi connectivity index (χ1) is 12.1. The predicted molar refractivity (Wildman–Crippen MR) is 97.7 cm³/mol. The first-order valence-corrected chi connectivity index (χ1v) is 9.10. The van der Waals surface area contributed by atoms with E-state index in [1.165, 1.54) is 0 Å². The quantitative estimate of drug-likeness (QED) is 0.908. The number of hydrogen-bond donors (Lipinski definition) is 1. The Labute approximate surface area is 149 Å². The van der Waals surface area contributed by atoms with Gasteiger partial charge in [-0.1, -0.05) is 19.9 Å². The number of rotatable bonds is 4. The van der Waals surface area contributed by atoms with Gasteiger partial charge >= 0.3 is 0 Å². The number of nitrogens with one attached hydrogen (secondary N) is 1. The van der Waals surface area contributed by atoms with E-state index in [1.54, 1.807) is 4.90 Å². The van der Waals surface area contributed by atoms with Crippen molar-refractivity contribution >= 4 is 23.2 Å². The molecule has 0 aliphatic carbocycles. The van der Waals surface area contributed by atoms with Crippen molar-refractivity contribution in [2.45, 2.75) is 32.7 Å². The summed E-state index contributed by atoms with van der Waals surface area (Å²) in [6, 6.07) is 7.53. The second-order valence-corrected chi connectivity index (χ2v) is 6.98. The number of benzene rings is 1. The molecule has 0 bridgehead atoms. The Morgan fingerprint density at radius 1 is 1.20 bits per heavy atom. The highest BCUT2D eigenvalue weighted by Crippen LogP contribution is 2.24. The largest absolute Gasteiger partial charge is 0.378 e. The van der Waals surface area contributed by atoms with Crippen LogP contribution in [0.1, 0.15) is 26.7 Å². The van der Waals surface area contributed by atoms with Crippen molar-refractivity contribution in [3.63, 3.8) is 0 Å². The lowest BCUT2D eigenvalue weighted by Crippen LogP contribution is -2.44. The number of carbonyl (C=O) groups excluding carboxylic acids is 2. The highest BCUT2D eigenvalue weighted by atomic mass is 16.5. The van der Waals surface area contributed by atoms with Gasteiger partial charge in [-0.25, -0.2) is 0 Å². The molecule has 1 aromatic rings. The van der Waals surface area contributed by atoms with Gasteiger partial charge in [0.25, 0.3) is 0 Å². The predicted octanol–water partition coefficient (Wildman–Crippen LogP) is 2.11. The van der Waals surface area contributed by atoms with Crippen molar-refractivity contribution in [3.05, 3.63) is 24.3 Å². The zero-order valence-electron chi connectivity index (χ0n) is 15.0. The van der Waals surface area contributed by atoms with E-state index < -0.39 is 0 Å². The number of carbonyl (C=O) groups is 2. The molecule has 1 unspecified atom stereocenters. The lowest BCUT2D eigenvalue weighted by atomic mass is 10.1. The topological polar surface area (TPSA) is 61.9 Å². The fraction of sp³-hybridized carbons (Fsp3) is 0.579. The molecule has 6 heteroatoms. The third kappa shape index (κ3) is 4.12. The van der Waals surface area contributed by atoms with E-state index in [1.807, 2.05) is 38.1 Å². The monoisotopic (exact) mass is 345 g/mol. The highest BCUT2D eigenvalue weighted by molar-refractivity contribution is 5.98. The molecule has 3 rings (SSSR count). The van der Waals surface area contributed by atoms with Crippen LogP contribution in [0, 0.1) is 5.92 Å². The van der Waals surface area contributed by atoms with Crippen molar-refractivity contribution < 1.29 is 14.3 Å². The molecule has 1 atom stereocenters. The highest BCUT2D eigenvalue weighted by Gasteiger charge is 2.34. The molecule has 0 radical (unpaired) electrons. The Morgan fingerprint density at radius 3 is 2.68 bits per heavy atom. The first-order valence-electron chi connectivity index (χ1n) is 9.10. The average Bonchev–Trinajstić information content (AvgIpc) is 3.11. The van der Waals surface area contributed by atoms with Crippen molar-refractivity contribution in [1.29, 1.82) is 0 Å².